The second-order valence-electron chi connectivity index (χ2n) is 7.11. The Morgan fingerprint density at radius 3 is 1.91 bits per heavy atom. The summed E-state index contributed by atoms with van der Waals surface area (Å²) in [6, 6.07) is 0. The molecule has 0 spiro atoms. The molecule has 0 rings (SSSR count). The summed E-state index contributed by atoms with van der Waals surface area (Å²) in [6.07, 6.45) is 16.5. The van der Waals surface area contributed by atoms with E-state index in [1.807, 2.05) is 0 Å². The molecule has 0 aromatic rings. The first kappa shape index (κ1) is 21.6. The minimum atomic E-state index is -0.108. The normalized spacial score (nSPS) is 14.0. The molecule has 0 saturated heterocycles. The molecule has 0 aliphatic rings. The first-order valence-corrected chi connectivity index (χ1v) is 9.75. The van der Waals surface area contributed by atoms with E-state index in [0.29, 0.717) is 11.7 Å². The van der Waals surface area contributed by atoms with Crippen molar-refractivity contribution in [1.29, 1.82) is 0 Å². The molecule has 2 atom stereocenters. The zero-order valence-corrected chi connectivity index (χ0v) is 15.4. The first-order chi connectivity index (χ1) is 10.6. The van der Waals surface area contributed by atoms with Crippen LogP contribution >= 0.6 is 0 Å². The molecule has 0 aliphatic heterocycles. The summed E-state index contributed by atoms with van der Waals surface area (Å²) >= 11 is 0. The molecule has 0 heterocycles. The van der Waals surface area contributed by atoms with Crippen LogP contribution in [0.1, 0.15) is 111 Å². The van der Waals surface area contributed by atoms with Gasteiger partial charge in [0.15, 0.2) is 0 Å². The van der Waals surface area contributed by atoms with Gasteiger partial charge in [0.2, 0.25) is 0 Å². The Bertz CT molecular complexity index is 250. The Morgan fingerprint density at radius 1 is 0.818 bits per heavy atom. The van der Waals surface area contributed by atoms with Gasteiger partial charge in [-0.25, -0.2) is 0 Å². The second-order valence-corrected chi connectivity index (χ2v) is 7.11. The molecular formula is C20H40O2. The van der Waals surface area contributed by atoms with Crippen molar-refractivity contribution in [2.24, 2.45) is 5.92 Å². The van der Waals surface area contributed by atoms with Gasteiger partial charge in [-0.1, -0.05) is 78.1 Å². The van der Waals surface area contributed by atoms with Gasteiger partial charge in [0, 0.05) is 6.42 Å². The van der Waals surface area contributed by atoms with Crippen LogP contribution in [0, 0.1) is 5.92 Å². The van der Waals surface area contributed by atoms with E-state index in [1.54, 1.807) is 6.92 Å². The zero-order chi connectivity index (χ0) is 16.6. The van der Waals surface area contributed by atoms with Crippen molar-refractivity contribution in [2.75, 3.05) is 0 Å². The summed E-state index contributed by atoms with van der Waals surface area (Å²) < 4.78 is 0. The van der Waals surface area contributed by atoms with Crippen LogP contribution in [0.2, 0.25) is 0 Å². The lowest BCUT2D eigenvalue weighted by atomic mass is 9.93. The highest BCUT2D eigenvalue weighted by Crippen LogP contribution is 2.19. The number of aliphatic hydroxyl groups excluding tert-OH is 1. The molecule has 0 aliphatic carbocycles. The minimum Gasteiger partial charge on any atom is -0.393 e. The van der Waals surface area contributed by atoms with Crippen LogP contribution < -0.4 is 0 Å². The SMILES string of the molecule is CCCCCCCCC(O)C(C)CCCCCCCC(C)=O. The Labute approximate surface area is 139 Å². The lowest BCUT2D eigenvalue weighted by Gasteiger charge is -2.18. The molecule has 0 bridgehead atoms. The van der Waals surface area contributed by atoms with Gasteiger partial charge in [0.1, 0.15) is 5.78 Å². The maximum absolute atomic E-state index is 10.8. The maximum atomic E-state index is 10.8. The van der Waals surface area contributed by atoms with Crippen LogP contribution in [0.15, 0.2) is 0 Å². The summed E-state index contributed by atoms with van der Waals surface area (Å²) in [6.45, 7) is 6.11. The third kappa shape index (κ3) is 14.6. The van der Waals surface area contributed by atoms with E-state index in [9.17, 15) is 9.90 Å². The number of carbonyl (C=O) groups is 1. The maximum Gasteiger partial charge on any atom is 0.129 e. The third-order valence-corrected chi connectivity index (χ3v) is 4.70. The molecule has 0 fully saturated rings. The van der Waals surface area contributed by atoms with Gasteiger partial charge in [-0.05, 0) is 32.1 Å². The fourth-order valence-electron chi connectivity index (χ4n) is 2.98. The summed E-state index contributed by atoms with van der Waals surface area (Å²) in [7, 11) is 0. The van der Waals surface area contributed by atoms with Gasteiger partial charge in [0.05, 0.1) is 6.10 Å². The molecule has 0 aromatic carbocycles. The lowest BCUT2D eigenvalue weighted by Crippen LogP contribution is -2.17. The van der Waals surface area contributed by atoms with Crippen molar-refractivity contribution in [3.8, 4) is 0 Å². The van der Waals surface area contributed by atoms with E-state index in [1.165, 1.54) is 64.2 Å². The highest BCUT2D eigenvalue weighted by molar-refractivity contribution is 5.75. The largest absolute Gasteiger partial charge is 0.393 e. The van der Waals surface area contributed by atoms with Crippen molar-refractivity contribution in [1.82, 2.24) is 0 Å². The van der Waals surface area contributed by atoms with E-state index in [0.717, 1.165) is 25.7 Å². The average molecular weight is 313 g/mol. The summed E-state index contributed by atoms with van der Waals surface area (Å²) in [5.41, 5.74) is 0. The van der Waals surface area contributed by atoms with Gasteiger partial charge in [-0.2, -0.15) is 0 Å². The van der Waals surface area contributed by atoms with Gasteiger partial charge >= 0.3 is 0 Å². The van der Waals surface area contributed by atoms with Crippen LogP contribution in [0.4, 0.5) is 0 Å². The van der Waals surface area contributed by atoms with Crippen LogP contribution in [0.3, 0.4) is 0 Å². The zero-order valence-electron chi connectivity index (χ0n) is 15.4. The predicted octanol–water partition coefficient (Wildman–Crippen LogP) is 6.05. The highest BCUT2D eigenvalue weighted by Gasteiger charge is 2.13. The molecule has 2 unspecified atom stereocenters. The number of carbonyl (C=O) groups excluding carboxylic acids is 1. The molecule has 1 N–H and O–H groups in total. The van der Waals surface area contributed by atoms with E-state index in [2.05, 4.69) is 13.8 Å². The monoisotopic (exact) mass is 312 g/mol. The van der Waals surface area contributed by atoms with Crippen LogP contribution in [-0.2, 0) is 4.79 Å². The number of ketones is 1. The third-order valence-electron chi connectivity index (χ3n) is 4.70. The highest BCUT2D eigenvalue weighted by atomic mass is 16.3. The van der Waals surface area contributed by atoms with E-state index < -0.39 is 0 Å². The van der Waals surface area contributed by atoms with Crippen molar-refractivity contribution >= 4 is 5.78 Å². The number of hydrogen-bond donors (Lipinski definition) is 1. The Morgan fingerprint density at radius 2 is 1.32 bits per heavy atom. The van der Waals surface area contributed by atoms with E-state index in [-0.39, 0.29) is 6.10 Å². The molecule has 132 valence electrons. The van der Waals surface area contributed by atoms with Crippen LogP contribution in [0.25, 0.3) is 0 Å². The van der Waals surface area contributed by atoms with E-state index >= 15 is 0 Å². The number of aliphatic hydroxyl groups is 1. The summed E-state index contributed by atoms with van der Waals surface area (Å²) in [4.78, 5) is 10.8. The fourth-order valence-corrected chi connectivity index (χ4v) is 2.98. The number of unbranched alkanes of at least 4 members (excludes halogenated alkanes) is 9. The molecule has 0 saturated carbocycles. The number of Topliss-reactive ketones (excluding diaryl/α,β-unsaturated/α-hetero) is 1. The Balaban J connectivity index is 3.38. The van der Waals surface area contributed by atoms with Gasteiger partial charge < -0.3 is 9.90 Å². The molecule has 2 nitrogen and oxygen atoms in total. The van der Waals surface area contributed by atoms with E-state index in [4.69, 9.17) is 0 Å². The summed E-state index contributed by atoms with van der Waals surface area (Å²) in [5, 5.41) is 10.2. The molecule has 0 radical (unpaired) electrons. The minimum absolute atomic E-state index is 0.108. The Kier molecular flexibility index (Phi) is 15.3. The quantitative estimate of drug-likeness (QED) is 0.352. The van der Waals surface area contributed by atoms with Crippen LogP contribution in [-0.4, -0.2) is 17.0 Å². The van der Waals surface area contributed by atoms with Crippen molar-refractivity contribution < 1.29 is 9.90 Å². The standard InChI is InChI=1S/C20H40O2/c1-4-5-6-7-11-14-17-20(22)18(2)15-12-9-8-10-13-16-19(3)21/h18,20,22H,4-17H2,1-3H3. The predicted molar refractivity (Wildman–Crippen MR) is 96.2 cm³/mol. The van der Waals surface area contributed by atoms with Crippen molar-refractivity contribution in [3.63, 3.8) is 0 Å². The summed E-state index contributed by atoms with van der Waals surface area (Å²) in [5.74, 6) is 0.749. The van der Waals surface area contributed by atoms with Crippen LogP contribution in [0.5, 0.6) is 0 Å². The molecule has 2 heteroatoms. The number of hydrogen-bond acceptors (Lipinski definition) is 2. The second kappa shape index (κ2) is 15.5. The molecule has 0 aromatic heterocycles. The fraction of sp³-hybridized carbons (Fsp3) is 0.950. The molecular weight excluding hydrogens is 272 g/mol. The van der Waals surface area contributed by atoms with Gasteiger partial charge in [-0.15, -0.1) is 0 Å². The molecule has 22 heavy (non-hydrogen) atoms. The smallest absolute Gasteiger partial charge is 0.129 e. The van der Waals surface area contributed by atoms with Crippen molar-refractivity contribution in [2.45, 2.75) is 117 Å². The first-order valence-electron chi connectivity index (χ1n) is 9.75. The lowest BCUT2D eigenvalue weighted by molar-refractivity contribution is -0.117. The topological polar surface area (TPSA) is 37.3 Å². The molecule has 0 amide bonds. The van der Waals surface area contributed by atoms with Gasteiger partial charge in [0.25, 0.3) is 0 Å². The van der Waals surface area contributed by atoms with Gasteiger partial charge in [-0.3, -0.25) is 0 Å². The average Bonchev–Trinajstić information content (AvgIpc) is 2.49. The Hall–Kier alpha value is -0.370. The number of rotatable bonds is 16. The van der Waals surface area contributed by atoms with Crippen molar-refractivity contribution in [3.05, 3.63) is 0 Å².